The standard InChI is InChI=1S/C19H19ClN4OS/c20-18-15(7-3-9-21-18)22-17(25)12-24-10-4-5-13(11-24)19-23-14-6-1-2-8-16(14)26-19/h1-3,6-9,13H,4-5,10-12H2,(H,22,25)/p+1/t13-/m1/s1. The fraction of sp³-hybridized carbons (Fsp3) is 0.316. The number of carbonyl (C=O) groups is 1. The summed E-state index contributed by atoms with van der Waals surface area (Å²) in [6.07, 6.45) is 3.85. The fourth-order valence-electron chi connectivity index (χ4n) is 3.49. The molecule has 1 saturated heterocycles. The van der Waals surface area contributed by atoms with Gasteiger partial charge in [0.15, 0.2) is 11.7 Å². The second-order valence-corrected chi connectivity index (χ2v) is 8.05. The molecule has 2 atom stereocenters. The maximum atomic E-state index is 12.4. The van der Waals surface area contributed by atoms with Crippen molar-refractivity contribution in [2.24, 2.45) is 0 Å². The quantitative estimate of drug-likeness (QED) is 0.677. The molecule has 5 nitrogen and oxygen atoms in total. The Morgan fingerprint density at radius 3 is 3.04 bits per heavy atom. The lowest BCUT2D eigenvalue weighted by molar-refractivity contribution is -0.898. The van der Waals surface area contributed by atoms with Gasteiger partial charge in [0, 0.05) is 6.20 Å². The number of para-hydroxylation sites is 1. The number of halogens is 1. The van der Waals surface area contributed by atoms with Gasteiger partial charge in [0.2, 0.25) is 0 Å². The summed E-state index contributed by atoms with van der Waals surface area (Å²) in [7, 11) is 0. The number of benzene rings is 1. The summed E-state index contributed by atoms with van der Waals surface area (Å²) in [6, 6.07) is 11.8. The van der Waals surface area contributed by atoms with Gasteiger partial charge in [0.25, 0.3) is 5.91 Å². The molecule has 4 rings (SSSR count). The molecule has 3 heterocycles. The Bertz CT molecular complexity index is 896. The van der Waals surface area contributed by atoms with Crippen LogP contribution in [0.4, 0.5) is 5.69 Å². The first-order chi connectivity index (χ1) is 12.7. The van der Waals surface area contributed by atoms with E-state index in [9.17, 15) is 4.79 Å². The predicted octanol–water partition coefficient (Wildman–Crippen LogP) is 2.75. The number of hydrogen-bond acceptors (Lipinski definition) is 4. The lowest BCUT2D eigenvalue weighted by Gasteiger charge is -2.28. The van der Waals surface area contributed by atoms with Crippen molar-refractivity contribution in [3.8, 4) is 0 Å². The van der Waals surface area contributed by atoms with E-state index in [2.05, 4.69) is 28.5 Å². The van der Waals surface area contributed by atoms with Gasteiger partial charge in [0.1, 0.15) is 5.01 Å². The molecule has 134 valence electrons. The van der Waals surface area contributed by atoms with Gasteiger partial charge in [-0.2, -0.15) is 0 Å². The molecule has 1 aliphatic heterocycles. The fourth-order valence-corrected chi connectivity index (χ4v) is 4.76. The first kappa shape index (κ1) is 17.4. The average molecular weight is 388 g/mol. The van der Waals surface area contributed by atoms with Crippen LogP contribution in [0.3, 0.4) is 0 Å². The van der Waals surface area contributed by atoms with E-state index in [0.717, 1.165) is 31.4 Å². The van der Waals surface area contributed by atoms with E-state index in [4.69, 9.17) is 16.6 Å². The number of nitrogens with zero attached hydrogens (tertiary/aromatic N) is 2. The van der Waals surface area contributed by atoms with Crippen LogP contribution >= 0.6 is 22.9 Å². The van der Waals surface area contributed by atoms with E-state index in [1.54, 1.807) is 29.7 Å². The first-order valence-electron chi connectivity index (χ1n) is 8.78. The van der Waals surface area contributed by atoms with E-state index in [0.29, 0.717) is 23.3 Å². The maximum absolute atomic E-state index is 12.4. The van der Waals surface area contributed by atoms with Crippen LogP contribution in [-0.2, 0) is 4.79 Å². The number of nitrogens with one attached hydrogen (secondary N) is 2. The van der Waals surface area contributed by atoms with Gasteiger partial charge in [0.05, 0.1) is 34.9 Å². The SMILES string of the molecule is O=C(C[NH+]1CCC[C@@H](c2nc3ccccc3s2)C1)Nc1cccnc1Cl. The molecule has 0 spiro atoms. The molecule has 1 aromatic carbocycles. The number of pyridine rings is 1. The molecule has 26 heavy (non-hydrogen) atoms. The molecule has 0 aliphatic carbocycles. The summed E-state index contributed by atoms with van der Waals surface area (Å²) < 4.78 is 1.23. The van der Waals surface area contributed by atoms with Crippen LogP contribution in [0.1, 0.15) is 23.8 Å². The number of thiazole rings is 1. The summed E-state index contributed by atoms with van der Waals surface area (Å²) >= 11 is 7.79. The second-order valence-electron chi connectivity index (χ2n) is 6.63. The highest BCUT2D eigenvalue weighted by Crippen LogP contribution is 2.30. The van der Waals surface area contributed by atoms with Crippen molar-refractivity contribution in [3.05, 3.63) is 52.8 Å². The lowest BCUT2D eigenvalue weighted by Crippen LogP contribution is -3.14. The molecule has 7 heteroatoms. The van der Waals surface area contributed by atoms with Crippen molar-refractivity contribution >= 4 is 44.7 Å². The van der Waals surface area contributed by atoms with E-state index in [-0.39, 0.29) is 5.91 Å². The Kier molecular flexibility index (Phi) is 5.15. The van der Waals surface area contributed by atoms with Crippen molar-refractivity contribution in [2.75, 3.05) is 25.0 Å². The molecule has 1 fully saturated rings. The van der Waals surface area contributed by atoms with Crippen LogP contribution in [0.15, 0.2) is 42.6 Å². The number of hydrogen-bond donors (Lipinski definition) is 2. The largest absolute Gasteiger partial charge is 0.327 e. The highest BCUT2D eigenvalue weighted by molar-refractivity contribution is 7.18. The van der Waals surface area contributed by atoms with E-state index < -0.39 is 0 Å². The Hall–Kier alpha value is -2.02. The second kappa shape index (κ2) is 7.70. The van der Waals surface area contributed by atoms with Crippen LogP contribution in [0.5, 0.6) is 0 Å². The van der Waals surface area contributed by atoms with Gasteiger partial charge in [-0.3, -0.25) is 4.79 Å². The minimum absolute atomic E-state index is 0.0279. The molecule has 1 unspecified atom stereocenters. The third kappa shape index (κ3) is 3.87. The molecular formula is C19H20ClN4OS+. The van der Waals surface area contributed by atoms with Crippen molar-refractivity contribution in [2.45, 2.75) is 18.8 Å². The van der Waals surface area contributed by atoms with Crippen LogP contribution in [0.2, 0.25) is 5.15 Å². The number of aromatic nitrogens is 2. The number of likely N-dealkylation sites (tertiary alicyclic amines) is 1. The Morgan fingerprint density at radius 1 is 1.31 bits per heavy atom. The molecular weight excluding hydrogens is 368 g/mol. The van der Waals surface area contributed by atoms with Gasteiger partial charge < -0.3 is 10.2 Å². The molecule has 2 aromatic heterocycles. The summed E-state index contributed by atoms with van der Waals surface area (Å²) in [5.41, 5.74) is 1.64. The smallest absolute Gasteiger partial charge is 0.279 e. The monoisotopic (exact) mass is 387 g/mol. The van der Waals surface area contributed by atoms with E-state index in [1.165, 1.54) is 14.6 Å². The Morgan fingerprint density at radius 2 is 2.19 bits per heavy atom. The Balaban J connectivity index is 1.40. The van der Waals surface area contributed by atoms with Gasteiger partial charge in [-0.1, -0.05) is 23.7 Å². The van der Waals surface area contributed by atoms with Gasteiger partial charge in [-0.25, -0.2) is 9.97 Å². The van der Waals surface area contributed by atoms with Crippen LogP contribution < -0.4 is 10.2 Å². The molecule has 1 amide bonds. The number of carbonyl (C=O) groups excluding carboxylic acids is 1. The van der Waals surface area contributed by atoms with Crippen molar-refractivity contribution in [1.82, 2.24) is 9.97 Å². The summed E-state index contributed by atoms with van der Waals surface area (Å²) in [6.45, 7) is 2.39. The molecule has 0 bridgehead atoms. The highest BCUT2D eigenvalue weighted by atomic mass is 35.5. The van der Waals surface area contributed by atoms with Crippen LogP contribution in [0, 0.1) is 0 Å². The zero-order valence-corrected chi connectivity index (χ0v) is 15.8. The summed E-state index contributed by atoms with van der Waals surface area (Å²) in [5.74, 6) is 0.394. The Labute approximate surface area is 161 Å². The average Bonchev–Trinajstić information content (AvgIpc) is 3.08. The summed E-state index contributed by atoms with van der Waals surface area (Å²) in [4.78, 5) is 22.5. The van der Waals surface area contributed by atoms with Gasteiger partial charge in [-0.15, -0.1) is 11.3 Å². The zero-order chi connectivity index (χ0) is 17.9. The highest BCUT2D eigenvalue weighted by Gasteiger charge is 2.28. The van der Waals surface area contributed by atoms with Crippen LogP contribution in [-0.4, -0.2) is 35.5 Å². The van der Waals surface area contributed by atoms with Crippen molar-refractivity contribution in [1.29, 1.82) is 0 Å². The third-order valence-corrected chi connectivity index (χ3v) is 6.22. The van der Waals surface area contributed by atoms with Gasteiger partial charge >= 0.3 is 0 Å². The maximum Gasteiger partial charge on any atom is 0.279 e. The predicted molar refractivity (Wildman–Crippen MR) is 105 cm³/mol. The topological polar surface area (TPSA) is 59.3 Å². The lowest BCUT2D eigenvalue weighted by atomic mass is 9.99. The van der Waals surface area contributed by atoms with Crippen molar-refractivity contribution in [3.63, 3.8) is 0 Å². The minimum atomic E-state index is -0.0279. The van der Waals surface area contributed by atoms with Gasteiger partial charge in [-0.05, 0) is 37.1 Å². The number of anilines is 1. The molecule has 2 N–H and O–H groups in total. The normalized spacial score (nSPS) is 20.2. The zero-order valence-electron chi connectivity index (χ0n) is 14.2. The van der Waals surface area contributed by atoms with Crippen molar-refractivity contribution < 1.29 is 9.69 Å². The first-order valence-corrected chi connectivity index (χ1v) is 9.98. The van der Waals surface area contributed by atoms with E-state index in [1.807, 2.05) is 6.07 Å². The number of fused-ring (bicyclic) bond motifs is 1. The third-order valence-electron chi connectivity index (χ3n) is 4.72. The molecule has 1 aliphatic rings. The molecule has 0 saturated carbocycles. The number of amides is 1. The van der Waals surface area contributed by atoms with Crippen LogP contribution in [0.25, 0.3) is 10.2 Å². The molecule has 0 radical (unpaired) electrons. The van der Waals surface area contributed by atoms with E-state index >= 15 is 0 Å². The summed E-state index contributed by atoms with van der Waals surface area (Å²) in [5, 5.41) is 4.38. The number of piperidine rings is 1. The number of quaternary nitrogens is 1. The number of rotatable bonds is 4. The minimum Gasteiger partial charge on any atom is -0.327 e. The molecule has 3 aromatic rings.